The number of rotatable bonds is 7. The zero-order valence-electron chi connectivity index (χ0n) is 11.5. The molecular formula is C15H23NO2. The predicted octanol–water partition coefficient (Wildman–Crippen LogP) is 2.90. The maximum Gasteiger partial charge on any atom is 0.307 e. The molecule has 0 saturated carbocycles. The molecule has 3 nitrogen and oxygen atoms in total. The zero-order valence-corrected chi connectivity index (χ0v) is 11.5. The van der Waals surface area contributed by atoms with E-state index in [1.165, 1.54) is 5.56 Å². The molecular weight excluding hydrogens is 226 g/mol. The van der Waals surface area contributed by atoms with Gasteiger partial charge in [-0.1, -0.05) is 37.3 Å². The van der Waals surface area contributed by atoms with Gasteiger partial charge in [-0.15, -0.1) is 0 Å². The van der Waals surface area contributed by atoms with Gasteiger partial charge in [0.15, 0.2) is 0 Å². The summed E-state index contributed by atoms with van der Waals surface area (Å²) in [4.78, 5) is 11.6. The highest BCUT2D eigenvalue weighted by Gasteiger charge is 2.25. The van der Waals surface area contributed by atoms with Gasteiger partial charge in [0.2, 0.25) is 0 Å². The first kappa shape index (κ1) is 14.7. The highest BCUT2D eigenvalue weighted by molar-refractivity contribution is 5.70. The molecule has 0 heterocycles. The summed E-state index contributed by atoms with van der Waals surface area (Å²) in [7, 11) is 0. The summed E-state index contributed by atoms with van der Waals surface area (Å²) in [5.41, 5.74) is 1.02. The summed E-state index contributed by atoms with van der Waals surface area (Å²) in [6.07, 6.45) is 1.29. The Kier molecular flexibility index (Phi) is 5.86. The lowest BCUT2D eigenvalue weighted by Crippen LogP contribution is -2.43. The lowest BCUT2D eigenvalue weighted by atomic mass is 9.94. The van der Waals surface area contributed by atoms with Gasteiger partial charge >= 0.3 is 5.97 Å². The molecule has 1 N–H and O–H groups in total. The van der Waals surface area contributed by atoms with E-state index in [0.29, 0.717) is 13.0 Å². The van der Waals surface area contributed by atoms with E-state index in [-0.39, 0.29) is 11.5 Å². The standard InChI is InChI=1S/C15H23NO2/c1-4-15(3,11-14(17)18-5-2)16-12-13-9-7-6-8-10-13/h6-10,16H,4-5,11-12H2,1-3H3/t15-/m1/s1. The Hall–Kier alpha value is -1.35. The third-order valence-electron chi connectivity index (χ3n) is 3.18. The second-order valence-corrected chi connectivity index (χ2v) is 4.74. The van der Waals surface area contributed by atoms with E-state index < -0.39 is 0 Å². The highest BCUT2D eigenvalue weighted by Crippen LogP contribution is 2.16. The minimum Gasteiger partial charge on any atom is -0.466 e. The maximum atomic E-state index is 11.6. The van der Waals surface area contributed by atoms with Crippen LogP contribution >= 0.6 is 0 Å². The van der Waals surface area contributed by atoms with Crippen LogP contribution in [0.3, 0.4) is 0 Å². The van der Waals surface area contributed by atoms with Crippen LogP contribution in [0.5, 0.6) is 0 Å². The SMILES string of the molecule is CCOC(=O)C[C@@](C)(CC)NCc1ccccc1. The van der Waals surface area contributed by atoms with E-state index in [4.69, 9.17) is 4.74 Å². The Morgan fingerprint density at radius 2 is 1.94 bits per heavy atom. The summed E-state index contributed by atoms with van der Waals surface area (Å²) in [5.74, 6) is -0.137. The third kappa shape index (κ3) is 4.88. The van der Waals surface area contributed by atoms with Crippen LogP contribution < -0.4 is 5.32 Å². The lowest BCUT2D eigenvalue weighted by Gasteiger charge is -2.29. The summed E-state index contributed by atoms with van der Waals surface area (Å²) in [5, 5.41) is 3.45. The van der Waals surface area contributed by atoms with Crippen molar-refractivity contribution in [2.75, 3.05) is 6.61 Å². The second-order valence-electron chi connectivity index (χ2n) is 4.74. The fraction of sp³-hybridized carbons (Fsp3) is 0.533. The number of benzene rings is 1. The molecule has 1 rings (SSSR count). The number of hydrogen-bond donors (Lipinski definition) is 1. The molecule has 0 aliphatic rings. The number of carbonyl (C=O) groups excluding carboxylic acids is 1. The Balaban J connectivity index is 2.52. The first-order chi connectivity index (χ1) is 8.59. The first-order valence-corrected chi connectivity index (χ1v) is 6.54. The normalized spacial score (nSPS) is 13.9. The van der Waals surface area contributed by atoms with Gasteiger partial charge in [-0.3, -0.25) is 4.79 Å². The van der Waals surface area contributed by atoms with Gasteiger partial charge in [0.25, 0.3) is 0 Å². The van der Waals surface area contributed by atoms with Crippen LogP contribution in [0.2, 0.25) is 0 Å². The minimum atomic E-state index is -0.206. The fourth-order valence-electron chi connectivity index (χ4n) is 1.75. The molecule has 1 aromatic carbocycles. The van der Waals surface area contributed by atoms with Gasteiger partial charge in [0.1, 0.15) is 0 Å². The van der Waals surface area contributed by atoms with Crippen LogP contribution in [0, 0.1) is 0 Å². The number of ether oxygens (including phenoxy) is 1. The van der Waals surface area contributed by atoms with Crippen LogP contribution in [0.15, 0.2) is 30.3 Å². The first-order valence-electron chi connectivity index (χ1n) is 6.54. The van der Waals surface area contributed by atoms with Crippen LogP contribution in [0.4, 0.5) is 0 Å². The molecule has 1 atom stereocenters. The van der Waals surface area contributed by atoms with Gasteiger partial charge in [-0.05, 0) is 25.8 Å². The predicted molar refractivity (Wildman–Crippen MR) is 73.2 cm³/mol. The van der Waals surface area contributed by atoms with Crippen LogP contribution in [0.25, 0.3) is 0 Å². The smallest absolute Gasteiger partial charge is 0.307 e. The fourth-order valence-corrected chi connectivity index (χ4v) is 1.75. The highest BCUT2D eigenvalue weighted by atomic mass is 16.5. The molecule has 0 amide bonds. The molecule has 0 fully saturated rings. The van der Waals surface area contributed by atoms with Crippen LogP contribution in [-0.2, 0) is 16.1 Å². The molecule has 0 aromatic heterocycles. The van der Waals surface area contributed by atoms with E-state index in [1.54, 1.807) is 0 Å². The molecule has 3 heteroatoms. The number of esters is 1. The largest absolute Gasteiger partial charge is 0.466 e. The molecule has 100 valence electrons. The van der Waals surface area contributed by atoms with Gasteiger partial charge < -0.3 is 10.1 Å². The molecule has 0 spiro atoms. The van der Waals surface area contributed by atoms with E-state index in [0.717, 1.165) is 13.0 Å². The van der Waals surface area contributed by atoms with E-state index in [1.807, 2.05) is 25.1 Å². The van der Waals surface area contributed by atoms with E-state index in [9.17, 15) is 4.79 Å². The van der Waals surface area contributed by atoms with Crippen LogP contribution in [0.1, 0.15) is 39.2 Å². The van der Waals surface area contributed by atoms with E-state index >= 15 is 0 Å². The topological polar surface area (TPSA) is 38.3 Å². The molecule has 0 aliphatic heterocycles. The Morgan fingerprint density at radius 3 is 2.50 bits per heavy atom. The summed E-state index contributed by atoms with van der Waals surface area (Å²) in [6.45, 7) is 7.19. The van der Waals surface area contributed by atoms with Crippen LogP contribution in [-0.4, -0.2) is 18.1 Å². The Bertz CT molecular complexity index is 364. The second kappa shape index (κ2) is 7.17. The van der Waals surface area contributed by atoms with Crippen molar-refractivity contribution in [2.45, 2.75) is 45.7 Å². The summed E-state index contributed by atoms with van der Waals surface area (Å²) < 4.78 is 5.01. The molecule has 0 bridgehead atoms. The van der Waals surface area contributed by atoms with Gasteiger partial charge in [0.05, 0.1) is 13.0 Å². The van der Waals surface area contributed by atoms with E-state index in [2.05, 4.69) is 31.3 Å². The van der Waals surface area contributed by atoms with Crippen molar-refractivity contribution in [1.29, 1.82) is 0 Å². The average molecular weight is 249 g/mol. The molecule has 18 heavy (non-hydrogen) atoms. The zero-order chi connectivity index (χ0) is 13.4. The van der Waals surface area contributed by atoms with Gasteiger partial charge in [0, 0.05) is 12.1 Å². The van der Waals surface area contributed by atoms with Gasteiger partial charge in [-0.2, -0.15) is 0 Å². The van der Waals surface area contributed by atoms with Gasteiger partial charge in [-0.25, -0.2) is 0 Å². The number of nitrogens with one attached hydrogen (secondary N) is 1. The molecule has 1 aromatic rings. The van der Waals surface area contributed by atoms with Crippen molar-refractivity contribution in [3.63, 3.8) is 0 Å². The Morgan fingerprint density at radius 1 is 1.28 bits per heavy atom. The lowest BCUT2D eigenvalue weighted by molar-refractivity contribution is -0.144. The third-order valence-corrected chi connectivity index (χ3v) is 3.18. The van der Waals surface area contributed by atoms with Crippen molar-refractivity contribution in [1.82, 2.24) is 5.32 Å². The average Bonchev–Trinajstić information content (AvgIpc) is 2.38. The van der Waals surface area contributed by atoms with Crippen molar-refractivity contribution in [2.24, 2.45) is 0 Å². The van der Waals surface area contributed by atoms with Crippen molar-refractivity contribution in [3.8, 4) is 0 Å². The quantitative estimate of drug-likeness (QED) is 0.755. The maximum absolute atomic E-state index is 11.6. The van der Waals surface area contributed by atoms with Crippen molar-refractivity contribution < 1.29 is 9.53 Å². The molecule has 0 saturated heterocycles. The molecule has 0 unspecified atom stereocenters. The Labute approximate surface area is 110 Å². The summed E-state index contributed by atoms with van der Waals surface area (Å²) in [6, 6.07) is 10.2. The monoisotopic (exact) mass is 249 g/mol. The number of carbonyl (C=O) groups is 1. The minimum absolute atomic E-state index is 0.137. The molecule has 0 aliphatic carbocycles. The van der Waals surface area contributed by atoms with Crippen molar-refractivity contribution in [3.05, 3.63) is 35.9 Å². The van der Waals surface area contributed by atoms with Crippen molar-refractivity contribution >= 4 is 5.97 Å². The summed E-state index contributed by atoms with van der Waals surface area (Å²) >= 11 is 0. The molecule has 0 radical (unpaired) electrons. The number of hydrogen-bond acceptors (Lipinski definition) is 3.